The van der Waals surface area contributed by atoms with Crippen molar-refractivity contribution in [3.8, 4) is 11.5 Å². The number of nitrogen functional groups attached to an aromatic ring is 1. The Kier molecular flexibility index (Phi) is 2.71. The minimum absolute atomic E-state index is 0.138. The molecule has 0 saturated carbocycles. The monoisotopic (exact) mass is 249 g/mol. The summed E-state index contributed by atoms with van der Waals surface area (Å²) in [5.41, 5.74) is 6.11. The molecule has 18 heavy (non-hydrogen) atoms. The van der Waals surface area contributed by atoms with E-state index < -0.39 is 5.82 Å². The van der Waals surface area contributed by atoms with Gasteiger partial charge in [-0.2, -0.15) is 4.98 Å². The van der Waals surface area contributed by atoms with Gasteiger partial charge in [-0.15, -0.1) is 0 Å². The maximum Gasteiger partial charge on any atom is 0.260 e. The number of hydrogen-bond donors (Lipinski definition) is 1. The SMILES string of the molecule is Nc1ccc(-c2nc(C3CCOC3)no2)c(F)c1. The Bertz CT molecular complexity index is 564. The standard InChI is InChI=1S/C12H12FN3O2/c13-10-5-8(14)1-2-9(10)12-15-11(16-18-12)7-3-4-17-6-7/h1-2,5,7H,3-4,6,14H2. The van der Waals surface area contributed by atoms with E-state index in [1.54, 1.807) is 6.07 Å². The van der Waals surface area contributed by atoms with Gasteiger partial charge in [-0.05, 0) is 24.6 Å². The van der Waals surface area contributed by atoms with E-state index in [1.807, 2.05) is 0 Å². The molecule has 0 spiro atoms. The van der Waals surface area contributed by atoms with Crippen molar-refractivity contribution < 1.29 is 13.7 Å². The van der Waals surface area contributed by atoms with E-state index in [9.17, 15) is 4.39 Å². The van der Waals surface area contributed by atoms with Crippen LogP contribution in [0.4, 0.5) is 10.1 Å². The summed E-state index contributed by atoms with van der Waals surface area (Å²) in [7, 11) is 0. The molecule has 0 bridgehead atoms. The summed E-state index contributed by atoms with van der Waals surface area (Å²) in [6.07, 6.45) is 0.864. The van der Waals surface area contributed by atoms with Crippen LogP contribution in [0.5, 0.6) is 0 Å². The summed E-state index contributed by atoms with van der Waals surface area (Å²) in [6.45, 7) is 1.29. The van der Waals surface area contributed by atoms with Crippen molar-refractivity contribution >= 4 is 5.69 Å². The summed E-state index contributed by atoms with van der Waals surface area (Å²) in [4.78, 5) is 4.21. The topological polar surface area (TPSA) is 74.2 Å². The molecule has 1 aliphatic rings. The normalized spacial score (nSPS) is 19.3. The maximum atomic E-state index is 13.7. The maximum absolute atomic E-state index is 13.7. The Morgan fingerprint density at radius 3 is 3.00 bits per heavy atom. The van der Waals surface area contributed by atoms with Crippen molar-refractivity contribution in [2.24, 2.45) is 0 Å². The quantitative estimate of drug-likeness (QED) is 0.823. The molecule has 3 rings (SSSR count). The highest BCUT2D eigenvalue weighted by atomic mass is 19.1. The molecule has 2 N–H and O–H groups in total. The number of halogens is 1. The van der Waals surface area contributed by atoms with Crippen molar-refractivity contribution in [1.29, 1.82) is 0 Å². The van der Waals surface area contributed by atoms with Gasteiger partial charge in [0.15, 0.2) is 5.82 Å². The average Bonchev–Trinajstić information content (AvgIpc) is 2.99. The number of nitrogens with zero attached hydrogens (tertiary/aromatic N) is 2. The molecule has 2 heterocycles. The van der Waals surface area contributed by atoms with Crippen LogP contribution in [0.2, 0.25) is 0 Å². The van der Waals surface area contributed by atoms with Crippen LogP contribution in [-0.4, -0.2) is 23.4 Å². The molecule has 2 aromatic rings. The average molecular weight is 249 g/mol. The fourth-order valence-electron chi connectivity index (χ4n) is 1.95. The Balaban J connectivity index is 1.92. The predicted molar refractivity (Wildman–Crippen MR) is 62.3 cm³/mol. The Hall–Kier alpha value is -1.95. The second-order valence-electron chi connectivity index (χ2n) is 4.26. The van der Waals surface area contributed by atoms with E-state index in [0.717, 1.165) is 6.42 Å². The molecule has 1 aromatic heterocycles. The van der Waals surface area contributed by atoms with E-state index in [-0.39, 0.29) is 17.4 Å². The minimum Gasteiger partial charge on any atom is -0.399 e. The van der Waals surface area contributed by atoms with Crippen molar-refractivity contribution in [3.63, 3.8) is 0 Å². The molecule has 1 saturated heterocycles. The zero-order valence-electron chi connectivity index (χ0n) is 9.60. The summed E-state index contributed by atoms with van der Waals surface area (Å²) >= 11 is 0. The van der Waals surface area contributed by atoms with Gasteiger partial charge in [0.05, 0.1) is 12.2 Å². The van der Waals surface area contributed by atoms with Crippen LogP contribution >= 0.6 is 0 Å². The fourth-order valence-corrected chi connectivity index (χ4v) is 1.95. The van der Waals surface area contributed by atoms with Crippen molar-refractivity contribution in [3.05, 3.63) is 29.8 Å². The van der Waals surface area contributed by atoms with E-state index in [4.69, 9.17) is 15.0 Å². The molecule has 5 nitrogen and oxygen atoms in total. The van der Waals surface area contributed by atoms with Gasteiger partial charge in [0, 0.05) is 18.2 Å². The van der Waals surface area contributed by atoms with E-state index in [0.29, 0.717) is 24.7 Å². The molecule has 1 aliphatic heterocycles. The molecule has 1 aromatic carbocycles. The van der Waals surface area contributed by atoms with Gasteiger partial charge in [-0.3, -0.25) is 0 Å². The molecule has 0 aliphatic carbocycles. The molecular weight excluding hydrogens is 237 g/mol. The lowest BCUT2D eigenvalue weighted by Gasteiger charge is -1.99. The van der Waals surface area contributed by atoms with Gasteiger partial charge in [0.2, 0.25) is 0 Å². The van der Waals surface area contributed by atoms with Gasteiger partial charge in [0.25, 0.3) is 5.89 Å². The number of ether oxygens (including phenoxy) is 1. The molecule has 1 atom stereocenters. The van der Waals surface area contributed by atoms with Crippen molar-refractivity contribution in [2.45, 2.75) is 12.3 Å². The number of anilines is 1. The molecule has 1 fully saturated rings. The van der Waals surface area contributed by atoms with Crippen LogP contribution in [0.25, 0.3) is 11.5 Å². The molecular formula is C12H12FN3O2. The van der Waals surface area contributed by atoms with Gasteiger partial charge < -0.3 is 15.0 Å². The van der Waals surface area contributed by atoms with Crippen LogP contribution in [0.1, 0.15) is 18.2 Å². The first-order valence-electron chi connectivity index (χ1n) is 5.71. The molecule has 1 unspecified atom stereocenters. The second-order valence-corrected chi connectivity index (χ2v) is 4.26. The van der Waals surface area contributed by atoms with Gasteiger partial charge >= 0.3 is 0 Å². The molecule has 0 radical (unpaired) electrons. The van der Waals surface area contributed by atoms with E-state index in [2.05, 4.69) is 10.1 Å². The number of hydrogen-bond acceptors (Lipinski definition) is 5. The van der Waals surface area contributed by atoms with Gasteiger partial charge in [-0.25, -0.2) is 4.39 Å². The first-order valence-corrected chi connectivity index (χ1v) is 5.71. The van der Waals surface area contributed by atoms with E-state index in [1.165, 1.54) is 12.1 Å². The predicted octanol–water partition coefficient (Wildman–Crippen LogP) is 1.96. The lowest BCUT2D eigenvalue weighted by Crippen LogP contribution is -1.99. The highest BCUT2D eigenvalue weighted by molar-refractivity contribution is 5.58. The van der Waals surface area contributed by atoms with Gasteiger partial charge in [0.1, 0.15) is 5.82 Å². The third-order valence-electron chi connectivity index (χ3n) is 2.96. The number of rotatable bonds is 2. The van der Waals surface area contributed by atoms with E-state index >= 15 is 0 Å². The molecule has 0 amide bonds. The Labute approximate surface area is 103 Å². The third kappa shape index (κ3) is 1.95. The van der Waals surface area contributed by atoms with Crippen molar-refractivity contribution in [2.75, 3.05) is 18.9 Å². The Morgan fingerprint density at radius 1 is 1.39 bits per heavy atom. The van der Waals surface area contributed by atoms with Crippen LogP contribution in [0.3, 0.4) is 0 Å². The van der Waals surface area contributed by atoms with Crippen LogP contribution in [-0.2, 0) is 4.74 Å². The molecule has 6 heteroatoms. The van der Waals surface area contributed by atoms with Crippen LogP contribution in [0.15, 0.2) is 22.7 Å². The number of aromatic nitrogens is 2. The zero-order chi connectivity index (χ0) is 12.5. The third-order valence-corrected chi connectivity index (χ3v) is 2.96. The lowest BCUT2D eigenvalue weighted by atomic mass is 10.1. The second kappa shape index (κ2) is 4.38. The molecule has 94 valence electrons. The largest absolute Gasteiger partial charge is 0.399 e. The number of nitrogens with two attached hydrogens (primary N) is 1. The van der Waals surface area contributed by atoms with Gasteiger partial charge in [-0.1, -0.05) is 5.16 Å². The van der Waals surface area contributed by atoms with Crippen LogP contribution < -0.4 is 5.73 Å². The first kappa shape index (κ1) is 11.2. The zero-order valence-corrected chi connectivity index (χ0v) is 9.60. The summed E-state index contributed by atoms with van der Waals surface area (Å²) in [5.74, 6) is 0.417. The van der Waals surface area contributed by atoms with Crippen LogP contribution in [0, 0.1) is 5.82 Å². The fraction of sp³-hybridized carbons (Fsp3) is 0.333. The lowest BCUT2D eigenvalue weighted by molar-refractivity contribution is 0.192. The summed E-state index contributed by atoms with van der Waals surface area (Å²) in [5, 5.41) is 3.87. The smallest absolute Gasteiger partial charge is 0.260 e. The minimum atomic E-state index is -0.465. The summed E-state index contributed by atoms with van der Waals surface area (Å²) < 4.78 is 24.0. The highest BCUT2D eigenvalue weighted by Crippen LogP contribution is 2.27. The Morgan fingerprint density at radius 2 is 2.28 bits per heavy atom. The van der Waals surface area contributed by atoms with Crippen molar-refractivity contribution in [1.82, 2.24) is 10.1 Å². The first-order chi connectivity index (χ1) is 8.74. The summed E-state index contributed by atoms with van der Waals surface area (Å²) in [6, 6.07) is 4.37. The highest BCUT2D eigenvalue weighted by Gasteiger charge is 2.24. The number of benzene rings is 1.